The van der Waals surface area contributed by atoms with Crippen molar-refractivity contribution >= 4 is 11.4 Å². The fourth-order valence-corrected chi connectivity index (χ4v) is 1.83. The van der Waals surface area contributed by atoms with E-state index in [2.05, 4.69) is 4.98 Å². The maximum atomic E-state index is 11.6. The number of rotatable bonds is 5. The fraction of sp³-hybridized carbons (Fsp3) is 0.250. The Morgan fingerprint density at radius 2 is 1.90 bits per heavy atom. The molecule has 0 aromatic carbocycles. The molecule has 9 heteroatoms. The van der Waals surface area contributed by atoms with Crippen LogP contribution in [0.25, 0.3) is 0 Å². The Labute approximate surface area is 118 Å². The zero-order valence-electron chi connectivity index (χ0n) is 11.0. The van der Waals surface area contributed by atoms with Crippen molar-refractivity contribution in [1.82, 2.24) is 14.1 Å². The van der Waals surface area contributed by atoms with Crippen LogP contribution in [0.2, 0.25) is 0 Å². The first-order valence-corrected chi connectivity index (χ1v) is 6.14. The van der Waals surface area contributed by atoms with Gasteiger partial charge in [-0.3, -0.25) is 19.5 Å². The Kier molecular flexibility index (Phi) is 4.12. The number of nitrogens with two attached hydrogens (primary N) is 1. The highest BCUT2D eigenvalue weighted by atomic mass is 16.6. The predicted molar refractivity (Wildman–Crippen MR) is 74.9 cm³/mol. The van der Waals surface area contributed by atoms with Crippen LogP contribution in [0, 0.1) is 10.1 Å². The van der Waals surface area contributed by atoms with Crippen LogP contribution in [0.1, 0.15) is 6.42 Å². The predicted octanol–water partition coefficient (Wildman–Crippen LogP) is -0.0143. The Bertz CT molecular complexity index is 780. The lowest BCUT2D eigenvalue weighted by Gasteiger charge is -2.07. The van der Waals surface area contributed by atoms with Crippen LogP contribution in [-0.4, -0.2) is 19.0 Å². The quantitative estimate of drug-likeness (QED) is 0.609. The van der Waals surface area contributed by atoms with Gasteiger partial charge in [0.25, 0.3) is 5.56 Å². The molecule has 0 fully saturated rings. The Morgan fingerprint density at radius 3 is 2.62 bits per heavy atom. The van der Waals surface area contributed by atoms with Gasteiger partial charge in [0.05, 0.1) is 11.1 Å². The lowest BCUT2D eigenvalue weighted by molar-refractivity contribution is -0.385. The lowest BCUT2D eigenvalue weighted by atomic mass is 10.3. The molecule has 0 aliphatic rings. The zero-order valence-corrected chi connectivity index (χ0v) is 11.0. The standard InChI is InChI=1S/C12H13N5O4/c13-9-2-3-11(18)15(7-9)4-1-5-16-8-10(17(20)21)6-14-12(16)19/h2-3,6-8H,1,4-5,13H2. The number of nitrogen functional groups attached to an aromatic ring is 1. The first-order chi connectivity index (χ1) is 9.97. The maximum absolute atomic E-state index is 11.6. The Morgan fingerprint density at radius 1 is 1.19 bits per heavy atom. The third-order valence-corrected chi connectivity index (χ3v) is 2.86. The second kappa shape index (κ2) is 5.99. The smallest absolute Gasteiger partial charge is 0.347 e. The summed E-state index contributed by atoms with van der Waals surface area (Å²) in [6.45, 7) is 0.563. The number of nitro groups is 1. The van der Waals surface area contributed by atoms with E-state index >= 15 is 0 Å². The van der Waals surface area contributed by atoms with Crippen LogP contribution in [0.4, 0.5) is 11.4 Å². The van der Waals surface area contributed by atoms with E-state index in [1.54, 1.807) is 0 Å². The summed E-state index contributed by atoms with van der Waals surface area (Å²) >= 11 is 0. The van der Waals surface area contributed by atoms with Crippen molar-refractivity contribution in [2.24, 2.45) is 0 Å². The van der Waals surface area contributed by atoms with Crippen molar-refractivity contribution in [2.75, 3.05) is 5.73 Å². The molecule has 0 saturated heterocycles. The third kappa shape index (κ3) is 3.53. The highest BCUT2D eigenvalue weighted by molar-refractivity contribution is 5.33. The van der Waals surface area contributed by atoms with E-state index in [1.807, 2.05) is 0 Å². The molecule has 0 atom stereocenters. The molecule has 0 aliphatic heterocycles. The minimum atomic E-state index is -0.620. The van der Waals surface area contributed by atoms with E-state index in [4.69, 9.17) is 5.73 Å². The van der Waals surface area contributed by atoms with Gasteiger partial charge in [0.15, 0.2) is 0 Å². The number of anilines is 1. The lowest BCUT2D eigenvalue weighted by Crippen LogP contribution is -2.24. The first-order valence-electron chi connectivity index (χ1n) is 6.14. The van der Waals surface area contributed by atoms with Gasteiger partial charge in [-0.2, -0.15) is 4.98 Å². The number of hydrogen-bond acceptors (Lipinski definition) is 6. The molecule has 2 aromatic heterocycles. The van der Waals surface area contributed by atoms with Crippen LogP contribution in [0.15, 0.2) is 40.3 Å². The molecule has 110 valence electrons. The molecular formula is C12H13N5O4. The molecule has 2 N–H and O–H groups in total. The SMILES string of the molecule is Nc1ccc(=O)n(CCCn2cc([N+](=O)[O-])cnc2=O)c1. The highest BCUT2D eigenvalue weighted by Gasteiger charge is 2.08. The van der Waals surface area contributed by atoms with E-state index in [0.29, 0.717) is 18.7 Å². The van der Waals surface area contributed by atoms with Gasteiger partial charge >= 0.3 is 11.4 Å². The summed E-state index contributed by atoms with van der Waals surface area (Å²) in [6, 6.07) is 2.87. The van der Waals surface area contributed by atoms with Crippen LogP contribution < -0.4 is 17.0 Å². The van der Waals surface area contributed by atoms with Gasteiger partial charge in [-0.25, -0.2) is 4.79 Å². The van der Waals surface area contributed by atoms with Gasteiger partial charge < -0.3 is 10.3 Å². The average molecular weight is 291 g/mol. The highest BCUT2D eigenvalue weighted by Crippen LogP contribution is 2.05. The van der Waals surface area contributed by atoms with E-state index in [0.717, 1.165) is 17.0 Å². The van der Waals surface area contributed by atoms with Crippen molar-refractivity contribution in [2.45, 2.75) is 19.5 Å². The van der Waals surface area contributed by atoms with Gasteiger partial charge in [0.1, 0.15) is 6.20 Å². The van der Waals surface area contributed by atoms with E-state index in [9.17, 15) is 19.7 Å². The number of pyridine rings is 1. The summed E-state index contributed by atoms with van der Waals surface area (Å²) < 4.78 is 2.57. The van der Waals surface area contributed by atoms with Crippen molar-refractivity contribution in [3.8, 4) is 0 Å². The first kappa shape index (κ1) is 14.4. The van der Waals surface area contributed by atoms with Gasteiger partial charge in [-0.15, -0.1) is 0 Å². The topological polar surface area (TPSA) is 126 Å². The maximum Gasteiger partial charge on any atom is 0.347 e. The number of nitrogens with zero attached hydrogens (tertiary/aromatic N) is 4. The molecule has 0 bridgehead atoms. The van der Waals surface area contributed by atoms with Crippen molar-refractivity contribution in [3.63, 3.8) is 0 Å². The van der Waals surface area contributed by atoms with E-state index in [-0.39, 0.29) is 17.8 Å². The van der Waals surface area contributed by atoms with Crippen LogP contribution in [-0.2, 0) is 13.1 Å². The normalized spacial score (nSPS) is 10.5. The van der Waals surface area contributed by atoms with Gasteiger partial charge in [-0.05, 0) is 12.5 Å². The number of hydrogen-bond donors (Lipinski definition) is 1. The monoisotopic (exact) mass is 291 g/mol. The van der Waals surface area contributed by atoms with E-state index < -0.39 is 10.6 Å². The molecule has 9 nitrogen and oxygen atoms in total. The molecule has 0 saturated carbocycles. The summed E-state index contributed by atoms with van der Waals surface area (Å²) in [5.41, 5.74) is 5.03. The molecular weight excluding hydrogens is 278 g/mol. The molecule has 21 heavy (non-hydrogen) atoms. The summed E-state index contributed by atoms with van der Waals surface area (Å²) in [6.07, 6.45) is 4.00. The van der Waals surface area contributed by atoms with Gasteiger partial charge in [0.2, 0.25) is 0 Å². The third-order valence-electron chi connectivity index (χ3n) is 2.86. The fourth-order valence-electron chi connectivity index (χ4n) is 1.83. The molecule has 2 rings (SSSR count). The van der Waals surface area contributed by atoms with E-state index in [1.165, 1.54) is 22.9 Å². The molecule has 0 amide bonds. The Balaban J connectivity index is 2.08. The van der Waals surface area contributed by atoms with Crippen molar-refractivity contribution in [1.29, 1.82) is 0 Å². The summed E-state index contributed by atoms with van der Waals surface area (Å²) in [5.74, 6) is 0. The minimum Gasteiger partial charge on any atom is -0.398 e. The van der Waals surface area contributed by atoms with Crippen molar-refractivity contribution in [3.05, 3.63) is 61.7 Å². The molecule has 2 heterocycles. The van der Waals surface area contributed by atoms with Gasteiger partial charge in [0, 0.05) is 31.0 Å². The summed E-state index contributed by atoms with van der Waals surface area (Å²) in [7, 11) is 0. The summed E-state index contributed by atoms with van der Waals surface area (Å²) in [5, 5.41) is 10.6. The minimum absolute atomic E-state index is 0.200. The average Bonchev–Trinajstić information content (AvgIpc) is 2.44. The molecule has 0 aliphatic carbocycles. The molecule has 2 aromatic rings. The van der Waals surface area contributed by atoms with Crippen molar-refractivity contribution < 1.29 is 4.92 Å². The molecule has 0 spiro atoms. The van der Waals surface area contributed by atoms with Crippen LogP contribution in [0.3, 0.4) is 0 Å². The number of aromatic nitrogens is 3. The second-order valence-electron chi connectivity index (χ2n) is 4.39. The van der Waals surface area contributed by atoms with Crippen LogP contribution in [0.5, 0.6) is 0 Å². The largest absolute Gasteiger partial charge is 0.398 e. The Hall–Kier alpha value is -2.97. The second-order valence-corrected chi connectivity index (χ2v) is 4.39. The number of aryl methyl sites for hydroxylation is 2. The molecule has 0 radical (unpaired) electrons. The summed E-state index contributed by atoms with van der Waals surface area (Å²) in [4.78, 5) is 36.5. The van der Waals surface area contributed by atoms with Crippen LogP contribution >= 0.6 is 0 Å². The van der Waals surface area contributed by atoms with Gasteiger partial charge in [-0.1, -0.05) is 0 Å². The molecule has 0 unspecified atom stereocenters. The zero-order chi connectivity index (χ0) is 15.4.